The highest BCUT2D eigenvalue weighted by molar-refractivity contribution is 7.89. The van der Waals surface area contributed by atoms with E-state index in [2.05, 4.69) is 4.72 Å². The number of sulfonamides is 1. The summed E-state index contributed by atoms with van der Waals surface area (Å²) in [7, 11) is -3.50. The summed E-state index contributed by atoms with van der Waals surface area (Å²) in [4.78, 5) is 0.203. The maximum atomic E-state index is 11.7. The first-order valence-corrected chi connectivity index (χ1v) is 6.07. The average molecular weight is 229 g/mol. The lowest BCUT2D eigenvalue weighted by Gasteiger charge is -2.17. The van der Waals surface area contributed by atoms with Gasteiger partial charge in [0.2, 0.25) is 10.0 Å². The molecule has 0 aliphatic carbocycles. The molecule has 0 saturated carbocycles. The zero-order valence-electron chi connectivity index (χ0n) is 8.77. The summed E-state index contributed by atoms with van der Waals surface area (Å²) >= 11 is 0. The fourth-order valence-corrected chi connectivity index (χ4v) is 2.18. The van der Waals surface area contributed by atoms with Crippen LogP contribution in [0.4, 0.5) is 0 Å². The largest absolute Gasteiger partial charge is 0.389 e. The lowest BCUT2D eigenvalue weighted by Crippen LogP contribution is -2.38. The van der Waals surface area contributed by atoms with E-state index < -0.39 is 15.6 Å². The molecule has 84 valence electrons. The van der Waals surface area contributed by atoms with Crippen molar-refractivity contribution in [2.75, 3.05) is 6.54 Å². The van der Waals surface area contributed by atoms with Crippen LogP contribution in [0.5, 0.6) is 0 Å². The number of nitrogens with one attached hydrogen (secondary N) is 1. The van der Waals surface area contributed by atoms with Gasteiger partial charge in [-0.1, -0.05) is 18.2 Å². The summed E-state index contributed by atoms with van der Waals surface area (Å²) in [5.74, 6) is 0. The van der Waals surface area contributed by atoms with Crippen molar-refractivity contribution in [2.45, 2.75) is 24.3 Å². The Morgan fingerprint density at radius 3 is 2.27 bits per heavy atom. The summed E-state index contributed by atoms with van der Waals surface area (Å²) in [6.45, 7) is 3.07. The van der Waals surface area contributed by atoms with Gasteiger partial charge in [0.15, 0.2) is 0 Å². The number of rotatable bonds is 4. The molecule has 1 aromatic carbocycles. The fraction of sp³-hybridized carbons (Fsp3) is 0.400. The van der Waals surface area contributed by atoms with Crippen LogP contribution < -0.4 is 4.72 Å². The van der Waals surface area contributed by atoms with Gasteiger partial charge in [0.1, 0.15) is 0 Å². The van der Waals surface area contributed by atoms with Crippen molar-refractivity contribution < 1.29 is 13.5 Å². The minimum absolute atomic E-state index is 0.00969. The highest BCUT2D eigenvalue weighted by Gasteiger charge is 2.18. The first-order valence-electron chi connectivity index (χ1n) is 4.58. The van der Waals surface area contributed by atoms with E-state index in [9.17, 15) is 13.5 Å². The lowest BCUT2D eigenvalue weighted by atomic mass is 10.1. The molecule has 4 nitrogen and oxygen atoms in total. The van der Waals surface area contributed by atoms with Gasteiger partial charge in [0.05, 0.1) is 10.5 Å². The van der Waals surface area contributed by atoms with Crippen LogP contribution in [0.15, 0.2) is 35.2 Å². The van der Waals surface area contributed by atoms with Crippen molar-refractivity contribution in [1.82, 2.24) is 4.72 Å². The van der Waals surface area contributed by atoms with Crippen molar-refractivity contribution in [1.29, 1.82) is 0 Å². The molecule has 15 heavy (non-hydrogen) atoms. The van der Waals surface area contributed by atoms with E-state index in [1.807, 2.05) is 0 Å². The Morgan fingerprint density at radius 2 is 1.80 bits per heavy atom. The standard InChI is InChI=1S/C10H15NO3S/c1-10(2,12)8-11-15(13,14)9-6-4-3-5-7-9/h3-7,11-12H,8H2,1-2H3. The fourth-order valence-electron chi connectivity index (χ4n) is 0.955. The zero-order chi connectivity index (χ0) is 11.5. The van der Waals surface area contributed by atoms with Crippen LogP contribution in [-0.2, 0) is 10.0 Å². The molecule has 0 radical (unpaired) electrons. The Labute approximate surface area is 90.0 Å². The zero-order valence-corrected chi connectivity index (χ0v) is 9.58. The second kappa shape index (κ2) is 4.30. The molecule has 0 unspecified atom stereocenters. The molecule has 1 rings (SSSR count). The van der Waals surface area contributed by atoms with Gasteiger partial charge in [-0.15, -0.1) is 0 Å². The second-order valence-corrected chi connectivity index (χ2v) is 5.72. The van der Waals surface area contributed by atoms with Gasteiger partial charge in [-0.3, -0.25) is 0 Å². The van der Waals surface area contributed by atoms with Gasteiger partial charge >= 0.3 is 0 Å². The Bertz CT molecular complexity index is 406. The number of hydrogen-bond donors (Lipinski definition) is 2. The maximum absolute atomic E-state index is 11.7. The summed E-state index contributed by atoms with van der Waals surface area (Å²) < 4.78 is 25.7. The summed E-state index contributed by atoms with van der Waals surface area (Å²) in [5, 5.41) is 9.40. The topological polar surface area (TPSA) is 66.4 Å². The summed E-state index contributed by atoms with van der Waals surface area (Å²) in [5.41, 5.74) is -1.05. The maximum Gasteiger partial charge on any atom is 0.240 e. The van der Waals surface area contributed by atoms with Crippen LogP contribution in [-0.4, -0.2) is 25.7 Å². The monoisotopic (exact) mass is 229 g/mol. The highest BCUT2D eigenvalue weighted by atomic mass is 32.2. The third kappa shape index (κ3) is 3.99. The van der Waals surface area contributed by atoms with E-state index in [1.165, 1.54) is 12.1 Å². The van der Waals surface area contributed by atoms with E-state index >= 15 is 0 Å². The van der Waals surface area contributed by atoms with Crippen molar-refractivity contribution in [2.24, 2.45) is 0 Å². The predicted octanol–water partition coefficient (Wildman–Crippen LogP) is 0.736. The van der Waals surface area contributed by atoms with Crippen LogP contribution in [0.3, 0.4) is 0 Å². The Hall–Kier alpha value is -0.910. The van der Waals surface area contributed by atoms with Gasteiger partial charge in [-0.25, -0.2) is 13.1 Å². The van der Waals surface area contributed by atoms with Crippen molar-refractivity contribution in [3.05, 3.63) is 30.3 Å². The second-order valence-electron chi connectivity index (χ2n) is 3.95. The average Bonchev–Trinajstić information content (AvgIpc) is 2.16. The Balaban J connectivity index is 2.78. The van der Waals surface area contributed by atoms with E-state index in [0.717, 1.165) is 0 Å². The predicted molar refractivity (Wildman–Crippen MR) is 57.9 cm³/mol. The van der Waals surface area contributed by atoms with Crippen LogP contribution in [0.1, 0.15) is 13.8 Å². The molecule has 0 atom stereocenters. The van der Waals surface area contributed by atoms with Crippen LogP contribution in [0.2, 0.25) is 0 Å². The van der Waals surface area contributed by atoms with E-state index in [0.29, 0.717) is 0 Å². The number of benzene rings is 1. The molecule has 2 N–H and O–H groups in total. The number of hydrogen-bond acceptors (Lipinski definition) is 3. The third-order valence-corrected chi connectivity index (χ3v) is 3.17. The van der Waals surface area contributed by atoms with Gasteiger partial charge in [-0.05, 0) is 26.0 Å². The first-order chi connectivity index (χ1) is 6.81. The lowest BCUT2D eigenvalue weighted by molar-refractivity contribution is 0.0857. The van der Waals surface area contributed by atoms with Crippen molar-refractivity contribution >= 4 is 10.0 Å². The molecular formula is C10H15NO3S. The molecule has 0 fully saturated rings. The molecule has 0 spiro atoms. The van der Waals surface area contributed by atoms with Crippen molar-refractivity contribution in [3.8, 4) is 0 Å². The summed E-state index contributed by atoms with van der Waals surface area (Å²) in [6.07, 6.45) is 0. The molecule has 0 amide bonds. The minimum Gasteiger partial charge on any atom is -0.389 e. The smallest absolute Gasteiger partial charge is 0.240 e. The van der Waals surface area contributed by atoms with E-state index in [1.54, 1.807) is 32.0 Å². The van der Waals surface area contributed by atoms with Crippen LogP contribution >= 0.6 is 0 Å². The number of aliphatic hydroxyl groups is 1. The molecular weight excluding hydrogens is 214 g/mol. The molecule has 0 bridgehead atoms. The molecule has 1 aromatic rings. The summed E-state index contributed by atoms with van der Waals surface area (Å²) in [6, 6.07) is 8.06. The van der Waals surface area contributed by atoms with E-state index in [-0.39, 0.29) is 11.4 Å². The van der Waals surface area contributed by atoms with Crippen LogP contribution in [0.25, 0.3) is 0 Å². The highest BCUT2D eigenvalue weighted by Crippen LogP contribution is 2.08. The SMILES string of the molecule is CC(C)(O)CNS(=O)(=O)c1ccccc1. The van der Waals surface area contributed by atoms with Crippen molar-refractivity contribution in [3.63, 3.8) is 0 Å². The molecule has 0 heterocycles. The van der Waals surface area contributed by atoms with Gasteiger partial charge < -0.3 is 5.11 Å². The van der Waals surface area contributed by atoms with Crippen LogP contribution in [0, 0.1) is 0 Å². The van der Waals surface area contributed by atoms with E-state index in [4.69, 9.17) is 0 Å². The Kier molecular flexibility index (Phi) is 3.49. The Morgan fingerprint density at radius 1 is 1.27 bits per heavy atom. The minimum atomic E-state index is -3.50. The normalized spacial score (nSPS) is 12.7. The quantitative estimate of drug-likeness (QED) is 0.800. The third-order valence-electron chi connectivity index (χ3n) is 1.75. The molecule has 5 heteroatoms. The first kappa shape index (κ1) is 12.2. The van der Waals surface area contributed by atoms with Gasteiger partial charge in [0.25, 0.3) is 0 Å². The van der Waals surface area contributed by atoms with Gasteiger partial charge in [-0.2, -0.15) is 0 Å². The van der Waals surface area contributed by atoms with Gasteiger partial charge in [0, 0.05) is 6.54 Å². The molecule has 0 aliphatic rings. The molecule has 0 saturated heterocycles. The molecule has 0 aromatic heterocycles. The molecule has 0 aliphatic heterocycles.